The van der Waals surface area contributed by atoms with Gasteiger partial charge in [-0.3, -0.25) is 0 Å². The van der Waals surface area contributed by atoms with Crippen LogP contribution in [0.3, 0.4) is 0 Å². The topological polar surface area (TPSA) is 54.4 Å². The third-order valence-electron chi connectivity index (χ3n) is 3.02. The van der Waals surface area contributed by atoms with Crippen LogP contribution in [0.1, 0.15) is 22.8 Å². The number of benzene rings is 2. The molecule has 4 heteroatoms. The molecule has 0 amide bonds. The summed E-state index contributed by atoms with van der Waals surface area (Å²) in [5.74, 6) is 0. The number of carbonyl (C=O) groups is 1. The van der Waals surface area contributed by atoms with Crippen molar-refractivity contribution in [3.8, 4) is 11.1 Å². The van der Waals surface area contributed by atoms with E-state index in [-0.39, 0.29) is 0 Å². The average Bonchev–Trinajstić information content (AvgIpc) is 2.46. The van der Waals surface area contributed by atoms with Gasteiger partial charge in [0.25, 0.3) is 0 Å². The van der Waals surface area contributed by atoms with Gasteiger partial charge in [-0.2, -0.15) is 4.89 Å². The molecular formula is C15H14O3P+. The van der Waals surface area contributed by atoms with E-state index in [0.29, 0.717) is 11.1 Å². The summed E-state index contributed by atoms with van der Waals surface area (Å²) in [7, 11) is -2.85. The van der Waals surface area contributed by atoms with Crippen molar-refractivity contribution >= 4 is 13.6 Å². The molecule has 0 bridgehead atoms. The van der Waals surface area contributed by atoms with Gasteiger partial charge in [0, 0.05) is 0 Å². The molecule has 0 radical (unpaired) electrons. The second kappa shape index (κ2) is 5.87. The molecule has 2 aromatic carbocycles. The lowest BCUT2D eigenvalue weighted by atomic mass is 9.95. The summed E-state index contributed by atoms with van der Waals surface area (Å²) in [4.78, 5) is 20.8. The van der Waals surface area contributed by atoms with E-state index in [9.17, 15) is 9.36 Å². The minimum atomic E-state index is -2.85. The van der Waals surface area contributed by atoms with Crippen molar-refractivity contribution in [2.24, 2.45) is 0 Å². The lowest BCUT2D eigenvalue weighted by Gasteiger charge is -2.09. The van der Waals surface area contributed by atoms with Crippen LogP contribution in [-0.4, -0.2) is 10.4 Å². The van der Waals surface area contributed by atoms with Crippen LogP contribution in [-0.2, 0) is 11.0 Å². The monoisotopic (exact) mass is 273 g/mol. The molecule has 0 aliphatic heterocycles. The molecular weight excluding hydrogens is 259 g/mol. The van der Waals surface area contributed by atoms with Crippen LogP contribution < -0.4 is 0 Å². The van der Waals surface area contributed by atoms with E-state index in [4.69, 9.17) is 4.89 Å². The van der Waals surface area contributed by atoms with E-state index in [1.165, 1.54) is 0 Å². The Labute approximate surface area is 112 Å². The molecule has 0 spiro atoms. The Hall–Kier alpha value is -1.83. The standard InChI is InChI=1S/C15H13O3P/c1-2-11-7-3-4-8-12(11)13-9-5-6-10-14(13)15(16)19(17)18/h3-10H,2H2,1H3/p+1. The van der Waals surface area contributed by atoms with Crippen molar-refractivity contribution in [3.63, 3.8) is 0 Å². The van der Waals surface area contributed by atoms with Crippen molar-refractivity contribution in [2.75, 3.05) is 0 Å². The molecule has 1 atom stereocenters. The van der Waals surface area contributed by atoms with Crippen molar-refractivity contribution in [1.29, 1.82) is 0 Å². The summed E-state index contributed by atoms with van der Waals surface area (Å²) in [6.45, 7) is 2.04. The van der Waals surface area contributed by atoms with E-state index in [0.717, 1.165) is 17.5 Å². The zero-order valence-corrected chi connectivity index (χ0v) is 11.4. The van der Waals surface area contributed by atoms with E-state index >= 15 is 0 Å². The van der Waals surface area contributed by atoms with Crippen LogP contribution >= 0.6 is 8.03 Å². The first-order chi connectivity index (χ1) is 9.15. The van der Waals surface area contributed by atoms with Gasteiger partial charge in [-0.25, -0.2) is 4.79 Å². The highest BCUT2D eigenvalue weighted by molar-refractivity contribution is 7.59. The van der Waals surface area contributed by atoms with Gasteiger partial charge in [0.2, 0.25) is 0 Å². The van der Waals surface area contributed by atoms with Crippen LogP contribution in [0, 0.1) is 0 Å². The highest BCUT2D eigenvalue weighted by Crippen LogP contribution is 2.32. The van der Waals surface area contributed by atoms with Gasteiger partial charge >= 0.3 is 13.6 Å². The number of carbonyl (C=O) groups excluding carboxylic acids is 1. The first-order valence-electron chi connectivity index (χ1n) is 6.03. The molecule has 2 aromatic rings. The van der Waals surface area contributed by atoms with Crippen molar-refractivity contribution < 1.29 is 14.3 Å². The molecule has 0 heterocycles. The minimum Gasteiger partial charge on any atom is -0.231 e. The third-order valence-corrected chi connectivity index (χ3v) is 3.61. The van der Waals surface area contributed by atoms with Crippen molar-refractivity contribution in [2.45, 2.75) is 13.3 Å². The van der Waals surface area contributed by atoms with Gasteiger partial charge in [-0.15, -0.1) is 0 Å². The predicted octanol–water partition coefficient (Wildman–Crippen LogP) is 3.79. The Balaban J connectivity index is 2.63. The first-order valence-corrected chi connectivity index (χ1v) is 7.24. The molecule has 96 valence electrons. The second-order valence-electron chi connectivity index (χ2n) is 4.13. The van der Waals surface area contributed by atoms with Crippen LogP contribution in [0.5, 0.6) is 0 Å². The molecule has 0 saturated heterocycles. The number of aryl methyl sites for hydroxylation is 1. The van der Waals surface area contributed by atoms with Gasteiger partial charge in [0.1, 0.15) is 0 Å². The summed E-state index contributed by atoms with van der Waals surface area (Å²) in [6, 6.07) is 14.7. The zero-order chi connectivity index (χ0) is 13.8. The Kier molecular flexibility index (Phi) is 4.20. The first kappa shape index (κ1) is 13.6. The maximum absolute atomic E-state index is 11.8. The second-order valence-corrected chi connectivity index (χ2v) is 5.09. The lowest BCUT2D eigenvalue weighted by molar-refractivity contribution is 0.106. The smallest absolute Gasteiger partial charge is 0.231 e. The number of hydrogen-bond acceptors (Lipinski definition) is 2. The van der Waals surface area contributed by atoms with Crippen molar-refractivity contribution in [1.82, 2.24) is 0 Å². The fraction of sp³-hybridized carbons (Fsp3) is 0.133. The van der Waals surface area contributed by atoms with Crippen molar-refractivity contribution in [3.05, 3.63) is 59.7 Å². The fourth-order valence-electron chi connectivity index (χ4n) is 2.10. The van der Waals surface area contributed by atoms with Crippen LogP contribution in [0.15, 0.2) is 48.5 Å². The zero-order valence-electron chi connectivity index (χ0n) is 10.5. The summed E-state index contributed by atoms with van der Waals surface area (Å²) in [5.41, 5.74) is 2.33. The summed E-state index contributed by atoms with van der Waals surface area (Å²) >= 11 is 0. The Bertz CT molecular complexity index is 635. The molecule has 0 fully saturated rings. The maximum atomic E-state index is 11.8. The van der Waals surface area contributed by atoms with E-state index in [1.807, 2.05) is 37.3 Å². The van der Waals surface area contributed by atoms with Crippen LogP contribution in [0.4, 0.5) is 0 Å². The largest absolute Gasteiger partial charge is 0.590 e. The van der Waals surface area contributed by atoms with Crippen LogP contribution in [0.2, 0.25) is 0 Å². The summed E-state index contributed by atoms with van der Waals surface area (Å²) < 4.78 is 11.0. The molecule has 3 nitrogen and oxygen atoms in total. The highest BCUT2D eigenvalue weighted by atomic mass is 31.1. The molecule has 0 aliphatic rings. The molecule has 0 saturated carbocycles. The van der Waals surface area contributed by atoms with Gasteiger partial charge in [0.15, 0.2) is 0 Å². The van der Waals surface area contributed by atoms with Gasteiger partial charge < -0.3 is 0 Å². The predicted molar refractivity (Wildman–Crippen MR) is 75.4 cm³/mol. The number of hydrogen-bond donors (Lipinski definition) is 1. The van der Waals surface area contributed by atoms with Gasteiger partial charge in [-0.05, 0) is 33.7 Å². The molecule has 0 aromatic heterocycles. The quantitative estimate of drug-likeness (QED) is 0.862. The third kappa shape index (κ3) is 2.78. The molecule has 19 heavy (non-hydrogen) atoms. The Morgan fingerprint density at radius 2 is 1.63 bits per heavy atom. The molecule has 1 N–H and O–H groups in total. The molecule has 2 rings (SSSR count). The van der Waals surface area contributed by atoms with E-state index in [2.05, 4.69) is 0 Å². The van der Waals surface area contributed by atoms with E-state index < -0.39 is 13.6 Å². The molecule has 1 unspecified atom stereocenters. The van der Waals surface area contributed by atoms with Crippen LogP contribution in [0.25, 0.3) is 11.1 Å². The van der Waals surface area contributed by atoms with Gasteiger partial charge in [-0.1, -0.05) is 49.4 Å². The normalized spacial score (nSPS) is 11.2. The SMILES string of the molecule is CCc1ccccc1-c1ccccc1C(=O)[P+](=O)O. The molecule has 0 aliphatic carbocycles. The Morgan fingerprint density at radius 3 is 2.26 bits per heavy atom. The minimum absolute atomic E-state index is 0.298. The lowest BCUT2D eigenvalue weighted by Crippen LogP contribution is -1.98. The Morgan fingerprint density at radius 1 is 1.05 bits per heavy atom. The average molecular weight is 273 g/mol. The summed E-state index contributed by atoms with van der Waals surface area (Å²) in [6.07, 6.45) is 0.837. The summed E-state index contributed by atoms with van der Waals surface area (Å²) in [5, 5.41) is 0. The van der Waals surface area contributed by atoms with Gasteiger partial charge in [0.05, 0.1) is 5.56 Å². The fourth-order valence-corrected chi connectivity index (χ4v) is 2.50. The number of rotatable bonds is 4. The maximum Gasteiger partial charge on any atom is 0.590 e. The van der Waals surface area contributed by atoms with E-state index in [1.54, 1.807) is 18.2 Å². The highest BCUT2D eigenvalue weighted by Gasteiger charge is 2.30.